The smallest absolute Gasteiger partial charge is 0.237 e. The molecule has 2 aromatic rings. The highest BCUT2D eigenvalue weighted by Crippen LogP contribution is 2.57. The maximum atomic E-state index is 15.7. The zero-order valence-corrected chi connectivity index (χ0v) is 22.8. The number of carbonyl (C=O) groups is 2. The minimum Gasteiger partial charge on any atom is -0.394 e. The summed E-state index contributed by atoms with van der Waals surface area (Å²) in [4.78, 5) is 27.6. The zero-order chi connectivity index (χ0) is 28.0. The predicted molar refractivity (Wildman–Crippen MR) is 141 cm³/mol. The summed E-state index contributed by atoms with van der Waals surface area (Å²) in [5, 5.41) is 27.2. The van der Waals surface area contributed by atoms with Crippen LogP contribution in [0.15, 0.2) is 30.3 Å². The van der Waals surface area contributed by atoms with Crippen LogP contribution in [-0.2, 0) is 15.0 Å². The first-order chi connectivity index (χ1) is 17.8. The Balaban J connectivity index is 1.92. The number of rotatable bonds is 7. The molecule has 5 unspecified atom stereocenters. The van der Waals surface area contributed by atoms with Gasteiger partial charge in [-0.3, -0.25) is 9.59 Å². The Bertz CT molecular complexity index is 1260. The SMILES string of the molecule is CC(C)(C)CC1NC(C(=O)NCCC(O)CO)C(c2cccc(Cl)c2F)C12C(=O)Nc1cc(Cl)c(F)cc12. The number of fused-ring (bicyclic) bond motifs is 2. The van der Waals surface area contributed by atoms with Gasteiger partial charge in [-0.2, -0.15) is 0 Å². The van der Waals surface area contributed by atoms with Crippen molar-refractivity contribution in [3.05, 3.63) is 63.1 Å². The first-order valence-electron chi connectivity index (χ1n) is 12.4. The van der Waals surface area contributed by atoms with Crippen molar-refractivity contribution in [1.29, 1.82) is 0 Å². The van der Waals surface area contributed by atoms with E-state index in [1.165, 1.54) is 30.3 Å². The Morgan fingerprint density at radius 3 is 2.58 bits per heavy atom. The van der Waals surface area contributed by atoms with E-state index in [9.17, 15) is 19.1 Å². The summed E-state index contributed by atoms with van der Waals surface area (Å²) in [6, 6.07) is 5.07. The molecule has 11 heteroatoms. The van der Waals surface area contributed by atoms with E-state index < -0.39 is 59.6 Å². The minimum atomic E-state index is -1.58. The maximum Gasteiger partial charge on any atom is 0.237 e. The Morgan fingerprint density at radius 1 is 1.21 bits per heavy atom. The number of aliphatic hydroxyl groups excluding tert-OH is 2. The van der Waals surface area contributed by atoms with Crippen LogP contribution in [-0.4, -0.2) is 53.4 Å². The van der Waals surface area contributed by atoms with Crippen LogP contribution in [0.5, 0.6) is 0 Å². The highest BCUT2D eigenvalue weighted by Gasteiger charge is 2.66. The molecule has 5 atom stereocenters. The maximum absolute atomic E-state index is 15.7. The molecule has 7 nitrogen and oxygen atoms in total. The third kappa shape index (κ3) is 5.02. The van der Waals surface area contributed by atoms with E-state index in [1.54, 1.807) is 0 Å². The highest BCUT2D eigenvalue weighted by molar-refractivity contribution is 6.31. The fraction of sp³-hybridized carbons (Fsp3) is 0.481. The van der Waals surface area contributed by atoms with Crippen molar-refractivity contribution < 1.29 is 28.6 Å². The highest BCUT2D eigenvalue weighted by atomic mass is 35.5. The molecule has 2 aromatic carbocycles. The van der Waals surface area contributed by atoms with Crippen LogP contribution in [0.3, 0.4) is 0 Å². The molecule has 5 N–H and O–H groups in total. The van der Waals surface area contributed by atoms with Gasteiger partial charge in [-0.05, 0) is 47.6 Å². The first kappa shape index (κ1) is 28.7. The monoisotopic (exact) mass is 569 g/mol. The lowest BCUT2D eigenvalue weighted by atomic mass is 9.62. The van der Waals surface area contributed by atoms with E-state index in [0.717, 1.165) is 0 Å². The summed E-state index contributed by atoms with van der Waals surface area (Å²) in [5.41, 5.74) is -1.31. The molecule has 2 heterocycles. The van der Waals surface area contributed by atoms with Crippen molar-refractivity contribution in [2.24, 2.45) is 5.41 Å². The van der Waals surface area contributed by atoms with E-state index in [0.29, 0.717) is 12.1 Å². The van der Waals surface area contributed by atoms with Crippen LogP contribution in [0, 0.1) is 17.0 Å². The van der Waals surface area contributed by atoms with Gasteiger partial charge in [-0.15, -0.1) is 0 Å². The summed E-state index contributed by atoms with van der Waals surface area (Å²) < 4.78 is 30.6. The molecule has 1 fully saturated rings. The predicted octanol–water partition coefficient (Wildman–Crippen LogP) is 3.88. The number of hydrogen-bond donors (Lipinski definition) is 5. The molecule has 0 radical (unpaired) electrons. The van der Waals surface area contributed by atoms with Gasteiger partial charge in [0.15, 0.2) is 0 Å². The molecule has 206 valence electrons. The third-order valence-electron chi connectivity index (χ3n) is 7.29. The first-order valence-corrected chi connectivity index (χ1v) is 13.1. The van der Waals surface area contributed by atoms with Gasteiger partial charge >= 0.3 is 0 Å². The largest absolute Gasteiger partial charge is 0.394 e. The molecule has 2 aliphatic heterocycles. The average Bonchev–Trinajstić information content (AvgIpc) is 3.30. The summed E-state index contributed by atoms with van der Waals surface area (Å²) in [7, 11) is 0. The van der Waals surface area contributed by atoms with Gasteiger partial charge in [0, 0.05) is 24.2 Å². The quantitative estimate of drug-likeness (QED) is 0.347. The van der Waals surface area contributed by atoms with Crippen LogP contribution < -0.4 is 16.0 Å². The van der Waals surface area contributed by atoms with Crippen LogP contribution in [0.1, 0.15) is 50.7 Å². The van der Waals surface area contributed by atoms with E-state index in [4.69, 9.17) is 28.3 Å². The molecule has 1 spiro atoms. The van der Waals surface area contributed by atoms with E-state index in [2.05, 4.69) is 16.0 Å². The number of halogens is 4. The number of hydrogen-bond acceptors (Lipinski definition) is 5. The van der Waals surface area contributed by atoms with Crippen molar-refractivity contribution >= 4 is 40.7 Å². The van der Waals surface area contributed by atoms with Crippen LogP contribution in [0.2, 0.25) is 10.0 Å². The molecular formula is C27H31Cl2F2N3O4. The van der Waals surface area contributed by atoms with Gasteiger partial charge in [0.1, 0.15) is 17.0 Å². The molecule has 0 saturated carbocycles. The van der Waals surface area contributed by atoms with Crippen molar-refractivity contribution in [1.82, 2.24) is 10.6 Å². The standard InChI is InChI=1S/C27H31Cl2F2N3O4/c1-26(2,3)11-20-27(15-9-18(30)17(29)10-19(15)33-25(27)38)21(14-5-4-6-16(28)22(14)31)23(34-20)24(37)32-8-7-13(36)12-35/h4-6,9-10,13,20-21,23,34-36H,7-8,11-12H2,1-3H3,(H,32,37)(H,33,38). The van der Waals surface area contributed by atoms with Crippen molar-refractivity contribution in [3.63, 3.8) is 0 Å². The number of carbonyl (C=O) groups excluding carboxylic acids is 2. The van der Waals surface area contributed by atoms with Gasteiger partial charge in [0.25, 0.3) is 0 Å². The van der Waals surface area contributed by atoms with Gasteiger partial charge in [-0.1, -0.05) is 56.1 Å². The van der Waals surface area contributed by atoms with Gasteiger partial charge in [0.05, 0.1) is 28.8 Å². The Kier molecular flexibility index (Phi) is 8.08. The minimum absolute atomic E-state index is 0.0352. The van der Waals surface area contributed by atoms with Crippen molar-refractivity contribution in [2.75, 3.05) is 18.5 Å². The van der Waals surface area contributed by atoms with Gasteiger partial charge < -0.3 is 26.2 Å². The number of benzene rings is 2. The third-order valence-corrected chi connectivity index (χ3v) is 7.87. The van der Waals surface area contributed by atoms with E-state index >= 15 is 4.39 Å². The lowest BCUT2D eigenvalue weighted by molar-refractivity contribution is -0.124. The van der Waals surface area contributed by atoms with E-state index in [-0.39, 0.29) is 39.6 Å². The Labute approximate surface area is 229 Å². The topological polar surface area (TPSA) is 111 Å². The molecule has 0 aromatic heterocycles. The van der Waals surface area contributed by atoms with E-state index in [1.807, 2.05) is 20.8 Å². The number of nitrogens with one attached hydrogen (secondary N) is 3. The fourth-order valence-corrected chi connectivity index (χ4v) is 6.07. The normalized spacial score (nSPS) is 25.4. The number of amides is 2. The van der Waals surface area contributed by atoms with Gasteiger partial charge in [-0.25, -0.2) is 8.78 Å². The van der Waals surface area contributed by atoms with Crippen LogP contribution in [0.4, 0.5) is 14.5 Å². The molecule has 2 amide bonds. The van der Waals surface area contributed by atoms with Crippen LogP contribution in [0.25, 0.3) is 0 Å². The zero-order valence-electron chi connectivity index (χ0n) is 21.2. The summed E-state index contributed by atoms with van der Waals surface area (Å²) >= 11 is 12.2. The molecular weight excluding hydrogens is 539 g/mol. The second-order valence-electron chi connectivity index (χ2n) is 11.1. The van der Waals surface area contributed by atoms with Crippen LogP contribution >= 0.6 is 23.2 Å². The number of aliphatic hydroxyl groups is 2. The molecule has 0 bridgehead atoms. The lowest BCUT2D eigenvalue weighted by Crippen LogP contribution is -2.49. The molecule has 2 aliphatic rings. The Hall–Kier alpha value is -2.30. The summed E-state index contributed by atoms with van der Waals surface area (Å²) in [6.07, 6.45) is -0.543. The second kappa shape index (κ2) is 10.7. The lowest BCUT2D eigenvalue weighted by Gasteiger charge is -2.37. The average molecular weight is 570 g/mol. The Morgan fingerprint density at radius 2 is 1.92 bits per heavy atom. The fourth-order valence-electron chi connectivity index (χ4n) is 5.73. The van der Waals surface area contributed by atoms with Gasteiger partial charge in [0.2, 0.25) is 11.8 Å². The number of anilines is 1. The molecule has 0 aliphatic carbocycles. The summed E-state index contributed by atoms with van der Waals surface area (Å²) in [5.74, 6) is -3.68. The second-order valence-corrected chi connectivity index (χ2v) is 11.9. The summed E-state index contributed by atoms with van der Waals surface area (Å²) in [6.45, 7) is 5.48. The van der Waals surface area contributed by atoms with Crippen molar-refractivity contribution in [2.45, 2.75) is 63.1 Å². The molecule has 38 heavy (non-hydrogen) atoms. The molecule has 4 rings (SSSR count). The van der Waals surface area contributed by atoms with Crippen molar-refractivity contribution in [3.8, 4) is 0 Å². The molecule has 1 saturated heterocycles.